The van der Waals surface area contributed by atoms with Crippen molar-refractivity contribution in [1.29, 1.82) is 0 Å². The molecular formula is C17H17F3N6OS. The Bertz CT molecular complexity index is 963. The number of alkyl halides is 3. The molecule has 1 aliphatic heterocycles. The Hall–Kier alpha value is -2.69. The molecule has 28 heavy (non-hydrogen) atoms. The number of halogens is 3. The normalized spacial score (nSPS) is 15.9. The van der Waals surface area contributed by atoms with Crippen LogP contribution < -0.4 is 5.32 Å². The van der Waals surface area contributed by atoms with Gasteiger partial charge in [-0.3, -0.25) is 4.79 Å². The highest BCUT2D eigenvalue weighted by molar-refractivity contribution is 7.08. The van der Waals surface area contributed by atoms with Crippen LogP contribution in [0.25, 0.3) is 17.0 Å². The number of aromatic nitrogens is 4. The van der Waals surface area contributed by atoms with Gasteiger partial charge in [0.15, 0.2) is 11.5 Å². The number of hydrogen-bond acceptors (Lipinski definition) is 6. The van der Waals surface area contributed by atoms with Crippen molar-refractivity contribution in [3.05, 3.63) is 29.0 Å². The predicted octanol–water partition coefficient (Wildman–Crippen LogP) is 3.07. The predicted molar refractivity (Wildman–Crippen MR) is 97.9 cm³/mol. The van der Waals surface area contributed by atoms with Crippen molar-refractivity contribution in [3.63, 3.8) is 0 Å². The largest absolute Gasteiger partial charge is 0.471 e. The zero-order valence-electron chi connectivity index (χ0n) is 14.7. The number of piperidine rings is 1. The summed E-state index contributed by atoms with van der Waals surface area (Å²) in [5.41, 5.74) is 1.56. The highest BCUT2D eigenvalue weighted by Gasteiger charge is 2.43. The summed E-state index contributed by atoms with van der Waals surface area (Å²) >= 11 is 1.56. The van der Waals surface area contributed by atoms with E-state index in [9.17, 15) is 18.0 Å². The second kappa shape index (κ2) is 7.38. The van der Waals surface area contributed by atoms with Gasteiger partial charge in [-0.05, 0) is 42.3 Å². The van der Waals surface area contributed by atoms with Crippen LogP contribution in [0.5, 0.6) is 0 Å². The first-order chi connectivity index (χ1) is 13.4. The number of hydrogen-bond donors (Lipinski definition) is 1. The lowest BCUT2D eigenvalue weighted by atomic mass is 9.96. The van der Waals surface area contributed by atoms with Crippen LogP contribution >= 0.6 is 11.3 Å². The summed E-state index contributed by atoms with van der Waals surface area (Å²) in [6.45, 7) is 0.804. The van der Waals surface area contributed by atoms with Crippen molar-refractivity contribution in [1.82, 2.24) is 24.7 Å². The number of amides is 1. The Balaban J connectivity index is 1.38. The van der Waals surface area contributed by atoms with Gasteiger partial charge < -0.3 is 10.2 Å². The first-order valence-electron chi connectivity index (χ1n) is 8.77. The van der Waals surface area contributed by atoms with E-state index in [-0.39, 0.29) is 19.0 Å². The van der Waals surface area contributed by atoms with E-state index in [1.807, 2.05) is 22.9 Å². The van der Waals surface area contributed by atoms with Gasteiger partial charge in [0.05, 0.1) is 0 Å². The van der Waals surface area contributed by atoms with E-state index in [4.69, 9.17) is 0 Å². The lowest BCUT2D eigenvalue weighted by Crippen LogP contribution is -2.46. The minimum Gasteiger partial charge on any atom is -0.368 e. The molecule has 1 N–H and O–H groups in total. The molecule has 1 amide bonds. The van der Waals surface area contributed by atoms with Crippen LogP contribution in [0.1, 0.15) is 12.8 Å². The van der Waals surface area contributed by atoms with Crippen molar-refractivity contribution in [3.8, 4) is 11.4 Å². The molecule has 4 heterocycles. The number of nitrogens with zero attached hydrogens (tertiary/aromatic N) is 5. The van der Waals surface area contributed by atoms with Gasteiger partial charge in [-0.25, -0.2) is 0 Å². The average molecular weight is 410 g/mol. The molecule has 0 aliphatic carbocycles. The number of nitrogens with one attached hydrogen (secondary N) is 1. The third-order valence-electron chi connectivity index (χ3n) is 4.76. The number of carbonyl (C=O) groups is 1. The third-order valence-corrected chi connectivity index (χ3v) is 5.44. The summed E-state index contributed by atoms with van der Waals surface area (Å²) in [4.78, 5) is 12.2. The van der Waals surface area contributed by atoms with Gasteiger partial charge in [-0.1, -0.05) is 0 Å². The monoisotopic (exact) mass is 410 g/mol. The van der Waals surface area contributed by atoms with Gasteiger partial charge in [0.2, 0.25) is 0 Å². The van der Waals surface area contributed by atoms with Crippen LogP contribution in [0.3, 0.4) is 0 Å². The second-order valence-corrected chi connectivity index (χ2v) is 7.42. The summed E-state index contributed by atoms with van der Waals surface area (Å²) in [6, 6.07) is 5.55. The van der Waals surface area contributed by atoms with Crippen molar-refractivity contribution >= 4 is 28.7 Å². The quantitative estimate of drug-likeness (QED) is 0.716. The van der Waals surface area contributed by atoms with E-state index in [0.29, 0.717) is 36.7 Å². The number of likely N-dealkylation sites (tertiary alicyclic amines) is 1. The second-order valence-electron chi connectivity index (χ2n) is 6.64. The van der Waals surface area contributed by atoms with Gasteiger partial charge in [-0.15, -0.1) is 15.3 Å². The standard InChI is InChI=1S/C17H17F3N6OS/c18-17(19,20)16(27)25-6-3-11(4-7-25)9-21-13-1-2-14-22-23-15(26(14)24-13)12-5-8-28-10-12/h1-2,5,8,10-11H,3-4,6-7,9H2,(H,21,24). The van der Waals surface area contributed by atoms with Crippen LogP contribution in [0, 0.1) is 5.92 Å². The zero-order chi connectivity index (χ0) is 19.7. The van der Waals surface area contributed by atoms with E-state index in [0.717, 1.165) is 10.5 Å². The van der Waals surface area contributed by atoms with Gasteiger partial charge in [0.25, 0.3) is 0 Å². The molecule has 4 rings (SSSR count). The van der Waals surface area contributed by atoms with Crippen LogP contribution in [0.4, 0.5) is 19.0 Å². The molecule has 0 spiro atoms. The van der Waals surface area contributed by atoms with Crippen LogP contribution in [0.2, 0.25) is 0 Å². The van der Waals surface area contributed by atoms with Gasteiger partial charge in [0.1, 0.15) is 5.82 Å². The van der Waals surface area contributed by atoms with E-state index >= 15 is 0 Å². The maximum absolute atomic E-state index is 12.5. The van der Waals surface area contributed by atoms with Gasteiger partial charge in [0, 0.05) is 30.6 Å². The number of fused-ring (bicyclic) bond motifs is 1. The van der Waals surface area contributed by atoms with Crippen molar-refractivity contribution in [2.24, 2.45) is 5.92 Å². The van der Waals surface area contributed by atoms with Crippen molar-refractivity contribution < 1.29 is 18.0 Å². The highest BCUT2D eigenvalue weighted by atomic mass is 32.1. The minimum atomic E-state index is -4.80. The Morgan fingerprint density at radius 3 is 2.68 bits per heavy atom. The first-order valence-corrected chi connectivity index (χ1v) is 9.71. The molecule has 11 heteroatoms. The fourth-order valence-corrected chi connectivity index (χ4v) is 3.86. The molecule has 0 aromatic carbocycles. The van der Waals surface area contributed by atoms with Crippen molar-refractivity contribution in [2.75, 3.05) is 25.0 Å². The van der Waals surface area contributed by atoms with Crippen molar-refractivity contribution in [2.45, 2.75) is 19.0 Å². The maximum Gasteiger partial charge on any atom is 0.471 e. The molecule has 0 atom stereocenters. The van der Waals surface area contributed by atoms with E-state index in [1.54, 1.807) is 21.9 Å². The summed E-state index contributed by atoms with van der Waals surface area (Å²) in [5, 5.41) is 20.0. The average Bonchev–Trinajstić information content (AvgIpc) is 3.34. The van der Waals surface area contributed by atoms with E-state index in [2.05, 4.69) is 20.6 Å². The van der Waals surface area contributed by atoms with Crippen LogP contribution in [-0.2, 0) is 4.79 Å². The SMILES string of the molecule is O=C(N1CCC(CNc2ccc3nnc(-c4ccsc4)n3n2)CC1)C(F)(F)F. The Morgan fingerprint density at radius 2 is 2.00 bits per heavy atom. The molecular weight excluding hydrogens is 393 g/mol. The Kier molecular flexibility index (Phi) is 4.92. The molecule has 148 valence electrons. The molecule has 0 radical (unpaired) electrons. The molecule has 0 unspecified atom stereocenters. The number of carbonyl (C=O) groups excluding carboxylic acids is 1. The molecule has 1 saturated heterocycles. The number of rotatable bonds is 4. The molecule has 3 aromatic heterocycles. The summed E-state index contributed by atoms with van der Waals surface area (Å²) in [7, 11) is 0. The Labute approximate surface area is 162 Å². The Morgan fingerprint density at radius 1 is 1.21 bits per heavy atom. The molecule has 3 aromatic rings. The van der Waals surface area contributed by atoms with E-state index < -0.39 is 12.1 Å². The van der Waals surface area contributed by atoms with Crippen LogP contribution in [-0.4, -0.2) is 56.4 Å². The van der Waals surface area contributed by atoms with Gasteiger partial charge in [-0.2, -0.15) is 29.0 Å². The molecule has 0 saturated carbocycles. The summed E-state index contributed by atoms with van der Waals surface area (Å²) in [6.07, 6.45) is -3.77. The zero-order valence-corrected chi connectivity index (χ0v) is 15.5. The molecule has 1 fully saturated rings. The fourth-order valence-electron chi connectivity index (χ4n) is 3.22. The highest BCUT2D eigenvalue weighted by Crippen LogP contribution is 2.24. The van der Waals surface area contributed by atoms with Gasteiger partial charge >= 0.3 is 12.1 Å². The fraction of sp³-hybridized carbons (Fsp3) is 0.412. The lowest BCUT2D eigenvalue weighted by molar-refractivity contribution is -0.186. The summed E-state index contributed by atoms with van der Waals surface area (Å²) < 4.78 is 39.2. The summed E-state index contributed by atoms with van der Waals surface area (Å²) in [5.74, 6) is -0.289. The molecule has 1 aliphatic rings. The molecule has 0 bridgehead atoms. The first kappa shape index (κ1) is 18.7. The minimum absolute atomic E-state index is 0.116. The topological polar surface area (TPSA) is 75.4 Å². The van der Waals surface area contributed by atoms with E-state index in [1.165, 1.54) is 0 Å². The number of thiophene rings is 1. The maximum atomic E-state index is 12.5. The molecule has 7 nitrogen and oxygen atoms in total. The third kappa shape index (κ3) is 3.79. The van der Waals surface area contributed by atoms with Crippen LogP contribution in [0.15, 0.2) is 29.0 Å². The lowest BCUT2D eigenvalue weighted by Gasteiger charge is -2.32. The number of anilines is 1. The smallest absolute Gasteiger partial charge is 0.368 e.